The Kier molecular flexibility index (Phi) is 5.26. The van der Waals surface area contributed by atoms with Crippen molar-refractivity contribution >= 4 is 34.1 Å². The molecule has 0 aliphatic heterocycles. The maximum absolute atomic E-state index is 12.9. The highest BCUT2D eigenvalue weighted by Crippen LogP contribution is 2.33. The van der Waals surface area contributed by atoms with Gasteiger partial charge >= 0.3 is 0 Å². The van der Waals surface area contributed by atoms with Gasteiger partial charge in [-0.2, -0.15) is 4.98 Å². The highest BCUT2D eigenvalue weighted by molar-refractivity contribution is 7.98. The summed E-state index contributed by atoms with van der Waals surface area (Å²) < 4.78 is 6.89. The molecule has 34 heavy (non-hydrogen) atoms. The van der Waals surface area contributed by atoms with Crippen LogP contribution in [-0.2, 0) is 12.2 Å². The fourth-order valence-electron chi connectivity index (χ4n) is 4.60. The van der Waals surface area contributed by atoms with Crippen LogP contribution in [0.2, 0.25) is 0 Å². The van der Waals surface area contributed by atoms with Crippen LogP contribution in [0.5, 0.6) is 5.75 Å². The third-order valence-corrected chi connectivity index (χ3v) is 7.27. The van der Waals surface area contributed by atoms with E-state index in [-0.39, 0.29) is 11.7 Å². The summed E-state index contributed by atoms with van der Waals surface area (Å²) in [7, 11) is 1.65. The predicted molar refractivity (Wildman–Crippen MR) is 133 cm³/mol. The monoisotopic (exact) mass is 466 g/mol. The molecular formula is C27H22N4O2S. The molecule has 0 spiro atoms. The lowest BCUT2D eigenvalue weighted by Crippen LogP contribution is -2.21. The first kappa shape index (κ1) is 20.9. The molecule has 2 aromatic heterocycles. The number of hydrogen-bond acceptors (Lipinski definition) is 6. The van der Waals surface area contributed by atoms with Crippen LogP contribution < -0.4 is 4.74 Å². The minimum Gasteiger partial charge on any atom is -0.497 e. The van der Waals surface area contributed by atoms with E-state index in [0.717, 1.165) is 22.8 Å². The number of fused-ring (bicyclic) bond motifs is 3. The largest absolute Gasteiger partial charge is 0.497 e. The molecule has 1 atom stereocenters. The Balaban J connectivity index is 1.26. The molecule has 0 N–H and O–H groups in total. The maximum Gasteiger partial charge on any atom is 0.253 e. The molecule has 168 valence electrons. The minimum absolute atomic E-state index is 0.0944. The van der Waals surface area contributed by atoms with Crippen LogP contribution in [0.1, 0.15) is 39.5 Å². The fraction of sp³-hybridized carbons (Fsp3) is 0.185. The second-order valence-electron chi connectivity index (χ2n) is 8.47. The lowest BCUT2D eigenvalue weighted by Gasteiger charge is -2.23. The number of nitrogens with zero attached hydrogens (tertiary/aromatic N) is 4. The van der Waals surface area contributed by atoms with Gasteiger partial charge in [-0.15, -0.1) is 5.10 Å². The topological polar surface area (TPSA) is 69.4 Å². The molecule has 0 saturated carbocycles. The molecule has 3 aromatic carbocycles. The number of aromatic nitrogens is 4. The van der Waals surface area contributed by atoms with Gasteiger partial charge < -0.3 is 4.74 Å². The van der Waals surface area contributed by atoms with Crippen molar-refractivity contribution in [3.8, 4) is 5.75 Å². The van der Waals surface area contributed by atoms with Crippen LogP contribution in [0.4, 0.5) is 0 Å². The van der Waals surface area contributed by atoms with Gasteiger partial charge in [0.25, 0.3) is 5.78 Å². The quantitative estimate of drug-likeness (QED) is 0.319. The average molecular weight is 467 g/mol. The zero-order valence-corrected chi connectivity index (χ0v) is 19.5. The number of Topliss-reactive ketones (excluding diaryl/α,β-unsaturated/α-hetero) is 1. The van der Waals surface area contributed by atoms with E-state index in [1.165, 1.54) is 16.3 Å². The van der Waals surface area contributed by atoms with Crippen LogP contribution in [0.15, 0.2) is 78.1 Å². The Morgan fingerprint density at radius 2 is 1.82 bits per heavy atom. The Morgan fingerprint density at radius 1 is 1.00 bits per heavy atom. The molecule has 0 fully saturated rings. The molecule has 7 heteroatoms. The lowest BCUT2D eigenvalue weighted by molar-refractivity contribution is 0.0962. The van der Waals surface area contributed by atoms with E-state index in [0.29, 0.717) is 29.3 Å². The van der Waals surface area contributed by atoms with E-state index in [4.69, 9.17) is 9.72 Å². The van der Waals surface area contributed by atoms with Gasteiger partial charge in [-0.1, -0.05) is 66.4 Å². The number of benzene rings is 3. The molecule has 0 radical (unpaired) electrons. The second-order valence-corrected chi connectivity index (χ2v) is 9.41. The molecule has 0 unspecified atom stereocenters. The van der Waals surface area contributed by atoms with Crippen molar-refractivity contribution in [2.24, 2.45) is 0 Å². The van der Waals surface area contributed by atoms with E-state index < -0.39 is 0 Å². The summed E-state index contributed by atoms with van der Waals surface area (Å²) in [6.07, 6.45) is 2.96. The Morgan fingerprint density at radius 3 is 2.68 bits per heavy atom. The Bertz CT molecular complexity index is 1520. The van der Waals surface area contributed by atoms with Crippen molar-refractivity contribution in [2.75, 3.05) is 7.11 Å². The van der Waals surface area contributed by atoms with E-state index in [9.17, 15) is 4.79 Å². The first-order valence-corrected chi connectivity index (χ1v) is 12.2. The number of ketones is 1. The maximum atomic E-state index is 12.9. The van der Waals surface area contributed by atoms with Crippen molar-refractivity contribution in [2.45, 2.75) is 29.7 Å². The molecule has 6 nitrogen and oxygen atoms in total. The van der Waals surface area contributed by atoms with E-state index in [2.05, 4.69) is 52.5 Å². The number of rotatable bonds is 5. The van der Waals surface area contributed by atoms with Crippen molar-refractivity contribution in [1.82, 2.24) is 19.6 Å². The van der Waals surface area contributed by atoms with Gasteiger partial charge in [-0.05, 0) is 46.4 Å². The summed E-state index contributed by atoms with van der Waals surface area (Å²) >= 11 is 1.58. The van der Waals surface area contributed by atoms with Gasteiger partial charge in [0.15, 0.2) is 5.78 Å². The van der Waals surface area contributed by atoms with Gasteiger partial charge in [0.05, 0.1) is 18.4 Å². The third kappa shape index (κ3) is 3.82. The molecule has 0 saturated heterocycles. The minimum atomic E-state index is 0.0944. The summed E-state index contributed by atoms with van der Waals surface area (Å²) in [5.41, 5.74) is 3.80. The molecule has 2 heterocycles. The van der Waals surface area contributed by atoms with Crippen molar-refractivity contribution in [1.29, 1.82) is 0 Å². The second kappa shape index (κ2) is 8.57. The Labute approximate surface area is 201 Å². The summed E-state index contributed by atoms with van der Waals surface area (Å²) in [6.45, 7) is 0. The first-order valence-electron chi connectivity index (χ1n) is 11.2. The molecular weight excluding hydrogens is 444 g/mol. The van der Waals surface area contributed by atoms with E-state index >= 15 is 0 Å². The highest BCUT2D eigenvalue weighted by Gasteiger charge is 2.28. The summed E-state index contributed by atoms with van der Waals surface area (Å²) in [4.78, 5) is 22.3. The third-order valence-electron chi connectivity index (χ3n) is 6.39. The zero-order chi connectivity index (χ0) is 23.1. The number of carbonyl (C=O) groups is 1. The van der Waals surface area contributed by atoms with E-state index in [1.807, 2.05) is 24.3 Å². The number of ether oxygens (including phenoxy) is 1. The lowest BCUT2D eigenvalue weighted by atomic mass is 9.82. The molecule has 1 aliphatic carbocycles. The first-order chi connectivity index (χ1) is 16.7. The molecule has 0 bridgehead atoms. The summed E-state index contributed by atoms with van der Waals surface area (Å²) in [6, 6.07) is 22.6. The number of methoxy groups -OCH3 is 1. The summed E-state index contributed by atoms with van der Waals surface area (Å²) in [5.74, 6) is 2.29. The van der Waals surface area contributed by atoms with E-state index in [1.54, 1.807) is 29.6 Å². The summed E-state index contributed by atoms with van der Waals surface area (Å²) in [5, 5.41) is 7.71. The highest BCUT2D eigenvalue weighted by atomic mass is 32.2. The normalized spacial score (nSPS) is 15.6. The van der Waals surface area contributed by atoms with Crippen molar-refractivity contribution < 1.29 is 9.53 Å². The SMILES string of the molecule is COc1ccc([C@@H]2CC(=O)c3cn4nc(SCc5cccc6ccccc56)nc4nc3C2)cc1. The van der Waals surface area contributed by atoms with Crippen LogP contribution in [-0.4, -0.2) is 32.5 Å². The van der Waals surface area contributed by atoms with Crippen LogP contribution >= 0.6 is 11.8 Å². The van der Waals surface area contributed by atoms with Gasteiger partial charge in [-0.25, -0.2) is 9.50 Å². The van der Waals surface area contributed by atoms with Crippen LogP contribution in [0.3, 0.4) is 0 Å². The van der Waals surface area contributed by atoms with Crippen molar-refractivity contribution in [3.05, 3.63) is 95.3 Å². The van der Waals surface area contributed by atoms with Crippen LogP contribution in [0.25, 0.3) is 16.6 Å². The van der Waals surface area contributed by atoms with Gasteiger partial charge in [0.2, 0.25) is 5.16 Å². The number of thioether (sulfide) groups is 1. The number of carbonyl (C=O) groups excluding carboxylic acids is 1. The Hall–Kier alpha value is -3.71. The predicted octanol–water partition coefficient (Wildman–Crippen LogP) is 5.49. The van der Waals surface area contributed by atoms with Gasteiger partial charge in [0, 0.05) is 18.4 Å². The smallest absolute Gasteiger partial charge is 0.253 e. The fourth-order valence-corrected chi connectivity index (χ4v) is 5.43. The standard InChI is InChI=1S/C27H22N4O2S/c1-33-21-11-9-17(10-12-21)20-13-24-23(25(32)14-20)15-31-26(28-24)29-27(30-31)34-16-19-7-4-6-18-5-2-3-8-22(18)19/h2-12,15,20H,13-14,16H2,1H3/t20-/m0/s1. The van der Waals surface area contributed by atoms with Crippen molar-refractivity contribution in [3.63, 3.8) is 0 Å². The van der Waals surface area contributed by atoms with Gasteiger partial charge in [0.1, 0.15) is 5.75 Å². The molecule has 5 aromatic rings. The molecule has 6 rings (SSSR count). The van der Waals surface area contributed by atoms with Gasteiger partial charge in [-0.3, -0.25) is 4.79 Å². The zero-order valence-electron chi connectivity index (χ0n) is 18.6. The molecule has 1 aliphatic rings. The molecule has 0 amide bonds. The number of hydrogen-bond donors (Lipinski definition) is 0. The van der Waals surface area contributed by atoms with Crippen LogP contribution in [0, 0.1) is 0 Å². The average Bonchev–Trinajstić information content (AvgIpc) is 3.28.